The standard InChI is InChI=1S/C17H30N4S.HI/c1-5-17(9-7-8-10-17)12-20-16(18-6-2)19-11-15-13(3)21-14(4)22-15;/h5-12H2,1-4H3,(H2,18,19,20);1H. The fraction of sp³-hybridized carbons (Fsp3) is 0.765. The lowest BCUT2D eigenvalue weighted by atomic mass is 9.83. The van der Waals surface area contributed by atoms with Crippen LogP contribution in [0.3, 0.4) is 0 Å². The van der Waals surface area contributed by atoms with E-state index in [0.29, 0.717) is 12.0 Å². The molecule has 1 aliphatic rings. The molecule has 0 aromatic carbocycles. The number of aromatic nitrogens is 1. The van der Waals surface area contributed by atoms with Crippen LogP contribution in [0.1, 0.15) is 61.5 Å². The monoisotopic (exact) mass is 450 g/mol. The molecule has 1 heterocycles. The summed E-state index contributed by atoms with van der Waals surface area (Å²) in [7, 11) is 0. The molecule has 6 heteroatoms. The highest BCUT2D eigenvalue weighted by Crippen LogP contribution is 2.40. The van der Waals surface area contributed by atoms with E-state index in [1.807, 2.05) is 0 Å². The third-order valence-corrected chi connectivity index (χ3v) is 5.83. The predicted molar refractivity (Wildman–Crippen MR) is 111 cm³/mol. The Bertz CT molecular complexity index is 507. The van der Waals surface area contributed by atoms with Crippen LogP contribution in [0.25, 0.3) is 0 Å². The van der Waals surface area contributed by atoms with Crippen LogP contribution in [0, 0.1) is 19.3 Å². The van der Waals surface area contributed by atoms with Crippen LogP contribution >= 0.6 is 35.3 Å². The Morgan fingerprint density at radius 2 is 1.91 bits per heavy atom. The highest BCUT2D eigenvalue weighted by Gasteiger charge is 2.31. The zero-order chi connectivity index (χ0) is 16.0. The van der Waals surface area contributed by atoms with Crippen molar-refractivity contribution in [1.29, 1.82) is 0 Å². The number of thiazole rings is 1. The van der Waals surface area contributed by atoms with Crippen LogP contribution in [0.2, 0.25) is 0 Å². The molecule has 2 rings (SSSR count). The van der Waals surface area contributed by atoms with Crippen molar-refractivity contribution in [2.24, 2.45) is 10.4 Å². The van der Waals surface area contributed by atoms with E-state index < -0.39 is 0 Å². The normalized spacial score (nSPS) is 17.0. The molecule has 2 N–H and O–H groups in total. The van der Waals surface area contributed by atoms with Gasteiger partial charge in [-0.1, -0.05) is 19.8 Å². The Labute approximate surface area is 162 Å². The maximum Gasteiger partial charge on any atom is 0.191 e. The molecule has 23 heavy (non-hydrogen) atoms. The summed E-state index contributed by atoms with van der Waals surface area (Å²) in [6.07, 6.45) is 6.71. The molecule has 4 nitrogen and oxygen atoms in total. The zero-order valence-corrected chi connectivity index (χ0v) is 18.0. The number of rotatable bonds is 6. The van der Waals surface area contributed by atoms with E-state index in [0.717, 1.165) is 29.8 Å². The van der Waals surface area contributed by atoms with Crippen molar-refractivity contribution in [2.75, 3.05) is 13.1 Å². The number of guanidine groups is 1. The summed E-state index contributed by atoms with van der Waals surface area (Å²) < 4.78 is 0. The van der Waals surface area contributed by atoms with E-state index in [-0.39, 0.29) is 24.0 Å². The molecular weight excluding hydrogens is 419 g/mol. The number of hydrogen-bond acceptors (Lipinski definition) is 3. The number of aliphatic imine (C=N–C) groups is 1. The molecule has 1 saturated carbocycles. The van der Waals surface area contributed by atoms with Crippen molar-refractivity contribution < 1.29 is 0 Å². The average Bonchev–Trinajstić information content (AvgIpc) is 3.09. The van der Waals surface area contributed by atoms with Gasteiger partial charge in [0.1, 0.15) is 0 Å². The van der Waals surface area contributed by atoms with Gasteiger partial charge in [-0.25, -0.2) is 9.98 Å². The Kier molecular flexibility index (Phi) is 8.82. The van der Waals surface area contributed by atoms with Crippen LogP contribution < -0.4 is 10.6 Å². The molecule has 0 amide bonds. The number of halogens is 1. The molecule has 0 spiro atoms. The molecule has 0 aliphatic heterocycles. The summed E-state index contributed by atoms with van der Waals surface area (Å²) in [5.74, 6) is 0.938. The van der Waals surface area contributed by atoms with E-state index in [4.69, 9.17) is 4.99 Å². The molecular formula is C17H31IN4S. The third-order valence-electron chi connectivity index (χ3n) is 4.77. The highest BCUT2D eigenvalue weighted by atomic mass is 127. The van der Waals surface area contributed by atoms with Gasteiger partial charge in [-0.05, 0) is 45.4 Å². The van der Waals surface area contributed by atoms with Crippen molar-refractivity contribution in [1.82, 2.24) is 15.6 Å². The summed E-state index contributed by atoms with van der Waals surface area (Å²) in [6, 6.07) is 0. The minimum Gasteiger partial charge on any atom is -0.357 e. The largest absolute Gasteiger partial charge is 0.357 e. The minimum absolute atomic E-state index is 0. The summed E-state index contributed by atoms with van der Waals surface area (Å²) in [4.78, 5) is 10.5. The van der Waals surface area contributed by atoms with E-state index in [1.165, 1.54) is 37.0 Å². The Hall–Kier alpha value is -0.370. The van der Waals surface area contributed by atoms with Gasteiger partial charge in [0.15, 0.2) is 5.96 Å². The quantitative estimate of drug-likeness (QED) is 0.384. The molecule has 0 bridgehead atoms. The molecule has 1 aliphatic carbocycles. The van der Waals surface area contributed by atoms with Crippen LogP contribution in [-0.2, 0) is 6.54 Å². The minimum atomic E-state index is 0. The number of aryl methyl sites for hydroxylation is 2. The number of nitrogens with zero attached hydrogens (tertiary/aromatic N) is 2. The molecule has 1 fully saturated rings. The van der Waals surface area contributed by atoms with Gasteiger partial charge >= 0.3 is 0 Å². The van der Waals surface area contributed by atoms with Gasteiger partial charge < -0.3 is 10.6 Å². The number of nitrogens with one attached hydrogen (secondary N) is 2. The first-order valence-electron chi connectivity index (χ1n) is 8.53. The van der Waals surface area contributed by atoms with Crippen LogP contribution in [0.5, 0.6) is 0 Å². The lowest BCUT2D eigenvalue weighted by molar-refractivity contribution is 0.283. The van der Waals surface area contributed by atoms with Crippen molar-refractivity contribution in [2.45, 2.75) is 66.3 Å². The molecule has 0 atom stereocenters. The number of hydrogen-bond donors (Lipinski definition) is 2. The van der Waals surface area contributed by atoms with Crippen molar-refractivity contribution in [3.05, 3.63) is 15.6 Å². The third kappa shape index (κ3) is 5.89. The van der Waals surface area contributed by atoms with E-state index in [1.54, 1.807) is 11.3 Å². The van der Waals surface area contributed by atoms with Crippen LogP contribution in [0.15, 0.2) is 4.99 Å². The molecule has 0 saturated heterocycles. The van der Waals surface area contributed by atoms with Gasteiger partial charge in [0.25, 0.3) is 0 Å². The summed E-state index contributed by atoms with van der Waals surface area (Å²) in [5.41, 5.74) is 1.59. The van der Waals surface area contributed by atoms with Crippen molar-refractivity contribution >= 4 is 41.3 Å². The smallest absolute Gasteiger partial charge is 0.191 e. The predicted octanol–water partition coefficient (Wildman–Crippen LogP) is 4.40. The van der Waals surface area contributed by atoms with Gasteiger partial charge in [-0.2, -0.15) is 0 Å². The van der Waals surface area contributed by atoms with Gasteiger partial charge in [0.2, 0.25) is 0 Å². The van der Waals surface area contributed by atoms with Gasteiger partial charge in [0.05, 0.1) is 17.2 Å². The second-order valence-corrected chi connectivity index (χ2v) is 7.64. The Balaban J connectivity index is 0.00000264. The maximum atomic E-state index is 4.75. The first-order valence-corrected chi connectivity index (χ1v) is 9.35. The first kappa shape index (κ1) is 20.7. The average molecular weight is 450 g/mol. The Morgan fingerprint density at radius 1 is 1.22 bits per heavy atom. The highest BCUT2D eigenvalue weighted by molar-refractivity contribution is 14.0. The Morgan fingerprint density at radius 3 is 2.43 bits per heavy atom. The SMILES string of the molecule is CCNC(=NCc1sc(C)nc1C)NCC1(CC)CCCC1.I. The van der Waals surface area contributed by atoms with E-state index in [2.05, 4.69) is 43.3 Å². The lowest BCUT2D eigenvalue weighted by Gasteiger charge is -2.28. The van der Waals surface area contributed by atoms with Crippen molar-refractivity contribution in [3.8, 4) is 0 Å². The lowest BCUT2D eigenvalue weighted by Crippen LogP contribution is -2.42. The molecule has 0 radical (unpaired) electrons. The van der Waals surface area contributed by atoms with E-state index >= 15 is 0 Å². The van der Waals surface area contributed by atoms with Gasteiger partial charge in [0, 0.05) is 18.0 Å². The second-order valence-electron chi connectivity index (χ2n) is 6.35. The van der Waals surface area contributed by atoms with Gasteiger partial charge in [-0.3, -0.25) is 0 Å². The molecule has 1 aromatic rings. The van der Waals surface area contributed by atoms with Crippen LogP contribution in [0.4, 0.5) is 0 Å². The molecule has 0 unspecified atom stereocenters. The second kappa shape index (κ2) is 9.81. The molecule has 1 aromatic heterocycles. The van der Waals surface area contributed by atoms with Crippen LogP contribution in [-0.4, -0.2) is 24.0 Å². The summed E-state index contributed by atoms with van der Waals surface area (Å²) in [6.45, 7) is 11.2. The first-order chi connectivity index (χ1) is 10.6. The molecule has 132 valence electrons. The fourth-order valence-electron chi connectivity index (χ4n) is 3.26. The zero-order valence-electron chi connectivity index (χ0n) is 14.9. The van der Waals surface area contributed by atoms with E-state index in [9.17, 15) is 0 Å². The van der Waals surface area contributed by atoms with Gasteiger partial charge in [-0.15, -0.1) is 35.3 Å². The summed E-state index contributed by atoms with van der Waals surface area (Å²) >= 11 is 1.75. The fourth-order valence-corrected chi connectivity index (χ4v) is 4.13. The van der Waals surface area contributed by atoms with Crippen molar-refractivity contribution in [3.63, 3.8) is 0 Å². The summed E-state index contributed by atoms with van der Waals surface area (Å²) in [5, 5.41) is 8.06. The maximum absolute atomic E-state index is 4.75. The topological polar surface area (TPSA) is 49.3 Å².